The Hall–Kier alpha value is -2.54. The highest BCUT2D eigenvalue weighted by atomic mass is 32.2. The number of nitrogens with one attached hydrogen (secondary N) is 1. The Balaban J connectivity index is 1.93. The summed E-state index contributed by atoms with van der Waals surface area (Å²) >= 11 is 0. The van der Waals surface area contributed by atoms with Crippen molar-refractivity contribution in [2.45, 2.75) is 44.4 Å². The van der Waals surface area contributed by atoms with E-state index in [1.165, 1.54) is 7.11 Å². The molecule has 2 aromatic rings. The molecule has 1 amide bonds. The molecule has 1 aliphatic heterocycles. The summed E-state index contributed by atoms with van der Waals surface area (Å²) in [4.78, 5) is 14.1. The summed E-state index contributed by atoms with van der Waals surface area (Å²) in [5.74, 6) is 0.422. The number of hydrogen-bond donors (Lipinski definition) is 1. The molecule has 0 unspecified atom stereocenters. The Bertz CT molecular complexity index is 986. The summed E-state index contributed by atoms with van der Waals surface area (Å²) in [5, 5.41) is 0. The third-order valence-electron chi connectivity index (χ3n) is 4.90. The van der Waals surface area contributed by atoms with Crippen molar-refractivity contribution < 1.29 is 17.9 Å². The standard InChI is InChI=1S/C21H26N2O4S/c1-4-12-23-18-9-8-17(14-16(18)7-11-21(23)24)22-28(25,26)20-13-15(5-2)6-10-19(20)27-3/h6,8-10,13-14,22H,4-5,7,11-12H2,1-3H3. The van der Waals surface area contributed by atoms with E-state index in [9.17, 15) is 13.2 Å². The Morgan fingerprint density at radius 3 is 2.57 bits per heavy atom. The number of ether oxygens (including phenoxy) is 1. The van der Waals surface area contributed by atoms with E-state index in [4.69, 9.17) is 4.74 Å². The van der Waals surface area contributed by atoms with Gasteiger partial charge < -0.3 is 9.64 Å². The van der Waals surface area contributed by atoms with Gasteiger partial charge in [-0.15, -0.1) is 0 Å². The number of carbonyl (C=O) groups is 1. The highest BCUT2D eigenvalue weighted by molar-refractivity contribution is 7.92. The second kappa shape index (κ2) is 8.22. The molecule has 0 atom stereocenters. The highest BCUT2D eigenvalue weighted by Gasteiger charge is 2.25. The number of methoxy groups -OCH3 is 1. The number of rotatable bonds is 7. The molecule has 2 aromatic carbocycles. The minimum absolute atomic E-state index is 0.115. The first-order valence-corrected chi connectivity index (χ1v) is 11.0. The van der Waals surface area contributed by atoms with Crippen molar-refractivity contribution in [2.24, 2.45) is 0 Å². The van der Waals surface area contributed by atoms with Gasteiger partial charge in [0.15, 0.2) is 0 Å². The maximum atomic E-state index is 13.0. The number of aryl methyl sites for hydroxylation is 2. The van der Waals surface area contributed by atoms with Gasteiger partial charge in [0.1, 0.15) is 10.6 Å². The molecule has 150 valence electrons. The second-order valence-electron chi connectivity index (χ2n) is 6.83. The fourth-order valence-electron chi connectivity index (χ4n) is 3.45. The van der Waals surface area contributed by atoms with Gasteiger partial charge in [-0.25, -0.2) is 8.42 Å². The predicted molar refractivity (Wildman–Crippen MR) is 111 cm³/mol. The van der Waals surface area contributed by atoms with Gasteiger partial charge in [0.05, 0.1) is 7.11 Å². The van der Waals surface area contributed by atoms with Crippen molar-refractivity contribution in [3.63, 3.8) is 0 Å². The molecule has 7 heteroatoms. The molecular formula is C21H26N2O4S. The fourth-order valence-corrected chi connectivity index (χ4v) is 4.72. The van der Waals surface area contributed by atoms with Crippen molar-refractivity contribution in [3.8, 4) is 5.75 Å². The van der Waals surface area contributed by atoms with Crippen LogP contribution in [0.3, 0.4) is 0 Å². The second-order valence-corrected chi connectivity index (χ2v) is 8.48. The maximum Gasteiger partial charge on any atom is 0.265 e. The molecule has 1 aliphatic rings. The number of amides is 1. The molecule has 0 spiro atoms. The summed E-state index contributed by atoms with van der Waals surface area (Å²) in [6.45, 7) is 4.66. The number of anilines is 2. The van der Waals surface area contributed by atoms with Gasteiger partial charge in [-0.05, 0) is 60.7 Å². The lowest BCUT2D eigenvalue weighted by atomic mass is 10.0. The van der Waals surface area contributed by atoms with Crippen LogP contribution < -0.4 is 14.4 Å². The van der Waals surface area contributed by atoms with Crippen LogP contribution in [0.15, 0.2) is 41.3 Å². The average Bonchev–Trinajstić information content (AvgIpc) is 2.69. The summed E-state index contributed by atoms with van der Waals surface area (Å²) in [6, 6.07) is 10.5. The lowest BCUT2D eigenvalue weighted by molar-refractivity contribution is -0.118. The fraction of sp³-hybridized carbons (Fsp3) is 0.381. The first-order valence-electron chi connectivity index (χ1n) is 9.52. The van der Waals surface area contributed by atoms with Gasteiger partial charge in [-0.3, -0.25) is 9.52 Å². The van der Waals surface area contributed by atoms with Crippen LogP contribution in [0, 0.1) is 0 Å². The minimum Gasteiger partial charge on any atom is -0.495 e. The minimum atomic E-state index is -3.81. The smallest absolute Gasteiger partial charge is 0.265 e. The van der Waals surface area contributed by atoms with Crippen molar-refractivity contribution >= 4 is 27.3 Å². The van der Waals surface area contributed by atoms with Crippen LogP contribution in [0.25, 0.3) is 0 Å². The third-order valence-corrected chi connectivity index (χ3v) is 6.31. The Kier molecular flexibility index (Phi) is 5.93. The summed E-state index contributed by atoms with van der Waals surface area (Å²) in [6.07, 6.45) is 2.65. The van der Waals surface area contributed by atoms with E-state index in [1.807, 2.05) is 32.0 Å². The summed E-state index contributed by atoms with van der Waals surface area (Å²) in [5.41, 5.74) is 3.24. The first kappa shape index (κ1) is 20.2. The van der Waals surface area contributed by atoms with E-state index in [0.717, 1.165) is 29.7 Å². The maximum absolute atomic E-state index is 13.0. The highest BCUT2D eigenvalue weighted by Crippen LogP contribution is 2.32. The van der Waals surface area contributed by atoms with E-state index in [0.29, 0.717) is 30.8 Å². The lowest BCUT2D eigenvalue weighted by Gasteiger charge is -2.29. The molecule has 1 heterocycles. The van der Waals surface area contributed by atoms with Crippen molar-refractivity contribution in [1.29, 1.82) is 0 Å². The van der Waals surface area contributed by atoms with Gasteiger partial charge >= 0.3 is 0 Å². The molecular weight excluding hydrogens is 376 g/mol. The van der Waals surface area contributed by atoms with E-state index < -0.39 is 10.0 Å². The summed E-state index contributed by atoms with van der Waals surface area (Å²) < 4.78 is 33.9. The van der Waals surface area contributed by atoms with Crippen molar-refractivity contribution in [3.05, 3.63) is 47.5 Å². The van der Waals surface area contributed by atoms with Gasteiger partial charge in [0.2, 0.25) is 5.91 Å². The molecule has 0 aromatic heterocycles. The van der Waals surface area contributed by atoms with Crippen LogP contribution >= 0.6 is 0 Å². The number of carbonyl (C=O) groups excluding carboxylic acids is 1. The molecule has 28 heavy (non-hydrogen) atoms. The van der Waals surface area contributed by atoms with Crippen LogP contribution in [0.2, 0.25) is 0 Å². The zero-order valence-electron chi connectivity index (χ0n) is 16.5. The third kappa shape index (κ3) is 3.99. The van der Waals surface area contributed by atoms with Crippen LogP contribution in [0.1, 0.15) is 37.8 Å². The van der Waals surface area contributed by atoms with Gasteiger partial charge in [0, 0.05) is 24.3 Å². The topological polar surface area (TPSA) is 75.7 Å². The van der Waals surface area contributed by atoms with E-state index in [2.05, 4.69) is 4.72 Å². The molecule has 0 bridgehead atoms. The first-order chi connectivity index (χ1) is 13.4. The lowest BCUT2D eigenvalue weighted by Crippen LogP contribution is -2.35. The molecule has 0 saturated heterocycles. The largest absolute Gasteiger partial charge is 0.495 e. The Morgan fingerprint density at radius 2 is 1.89 bits per heavy atom. The van der Waals surface area contributed by atoms with Crippen LogP contribution in [-0.2, 0) is 27.7 Å². The average molecular weight is 403 g/mol. The number of fused-ring (bicyclic) bond motifs is 1. The molecule has 3 rings (SSSR count). The molecule has 1 N–H and O–H groups in total. The van der Waals surface area contributed by atoms with E-state index in [-0.39, 0.29) is 10.8 Å². The monoisotopic (exact) mass is 402 g/mol. The van der Waals surface area contributed by atoms with Crippen LogP contribution in [0.4, 0.5) is 11.4 Å². The van der Waals surface area contributed by atoms with E-state index >= 15 is 0 Å². The zero-order chi connectivity index (χ0) is 20.3. The predicted octanol–water partition coefficient (Wildman–Crippen LogP) is 3.75. The van der Waals surface area contributed by atoms with Gasteiger partial charge in [-0.1, -0.05) is 19.9 Å². The molecule has 0 aliphatic carbocycles. The van der Waals surface area contributed by atoms with Crippen molar-refractivity contribution in [1.82, 2.24) is 0 Å². The quantitative estimate of drug-likeness (QED) is 0.765. The molecule has 0 fully saturated rings. The van der Waals surface area contributed by atoms with Crippen LogP contribution in [0.5, 0.6) is 5.75 Å². The summed E-state index contributed by atoms with van der Waals surface area (Å²) in [7, 11) is -2.35. The number of nitrogens with zero attached hydrogens (tertiary/aromatic N) is 1. The van der Waals surface area contributed by atoms with Gasteiger partial charge in [0.25, 0.3) is 10.0 Å². The SMILES string of the molecule is CCCN1C(=O)CCc2cc(NS(=O)(=O)c3cc(CC)ccc3OC)ccc21. The van der Waals surface area contributed by atoms with Crippen LogP contribution in [-0.4, -0.2) is 28.0 Å². The Labute approximate surface area is 166 Å². The normalized spacial score (nSPS) is 14.0. The Morgan fingerprint density at radius 1 is 1.11 bits per heavy atom. The molecule has 0 radical (unpaired) electrons. The van der Waals surface area contributed by atoms with Crippen molar-refractivity contribution in [2.75, 3.05) is 23.3 Å². The van der Waals surface area contributed by atoms with Gasteiger partial charge in [-0.2, -0.15) is 0 Å². The molecule has 6 nitrogen and oxygen atoms in total. The number of benzene rings is 2. The number of sulfonamides is 1. The zero-order valence-corrected chi connectivity index (χ0v) is 17.3. The molecule has 0 saturated carbocycles. The van der Waals surface area contributed by atoms with E-state index in [1.54, 1.807) is 23.1 Å². The number of hydrogen-bond acceptors (Lipinski definition) is 4.